The molecule has 5 aromatic rings. The van der Waals surface area contributed by atoms with Crippen molar-refractivity contribution in [3.8, 4) is 33.3 Å². The van der Waals surface area contributed by atoms with Gasteiger partial charge in [0.1, 0.15) is 22.2 Å². The molecule has 6 heterocycles. The number of thioether (sulfide) groups is 2. The molecule has 282 valence electrons. The van der Waals surface area contributed by atoms with Crippen LogP contribution in [0.3, 0.4) is 0 Å². The first-order valence-corrected chi connectivity index (χ1v) is 19.4. The first-order valence-electron chi connectivity index (χ1n) is 15.9. The first-order chi connectivity index (χ1) is 26.6. The van der Waals surface area contributed by atoms with E-state index in [1.165, 1.54) is 36.4 Å². The van der Waals surface area contributed by atoms with E-state index in [0.29, 0.717) is 33.3 Å². The molecule has 10 nitrogen and oxygen atoms in total. The number of amides is 4. The highest BCUT2D eigenvalue weighted by Gasteiger charge is 2.45. The highest BCUT2D eigenvalue weighted by Crippen LogP contribution is 2.44. The van der Waals surface area contributed by atoms with E-state index in [2.05, 4.69) is 9.97 Å². The van der Waals surface area contributed by atoms with Crippen molar-refractivity contribution in [3.05, 3.63) is 93.7 Å². The van der Waals surface area contributed by atoms with Gasteiger partial charge in [-0.15, -0.1) is 22.7 Å². The quantitative estimate of drug-likeness (QED) is 0.110. The predicted octanol–water partition coefficient (Wildman–Crippen LogP) is 8.56. The molecule has 2 saturated heterocycles. The van der Waals surface area contributed by atoms with Gasteiger partial charge in [-0.1, -0.05) is 35.7 Å². The molecule has 2 aliphatic heterocycles. The number of carbonyl (C=O) groups is 4. The van der Waals surface area contributed by atoms with E-state index in [-0.39, 0.29) is 32.8 Å². The summed E-state index contributed by atoms with van der Waals surface area (Å²) in [7, 11) is 0. The molecule has 2 atom stereocenters. The highest BCUT2D eigenvalue weighted by molar-refractivity contribution is 8.01. The second kappa shape index (κ2) is 14.8. The fraction of sp³-hybridized carbons (Fsp3) is 0.167. The van der Waals surface area contributed by atoms with Gasteiger partial charge in [0.15, 0.2) is 0 Å². The number of hydrogen-bond acceptors (Lipinski definition) is 12. The number of pyridine rings is 2. The average Bonchev–Trinajstić information content (AvgIpc) is 3.97. The zero-order chi connectivity index (χ0) is 40.1. The molecule has 20 heteroatoms. The summed E-state index contributed by atoms with van der Waals surface area (Å²) < 4.78 is 84.1. The number of alkyl halides is 6. The molecule has 4 amide bonds. The summed E-state index contributed by atoms with van der Waals surface area (Å²) in [5.74, 6) is -3.03. The van der Waals surface area contributed by atoms with Crippen LogP contribution in [0.4, 0.5) is 37.7 Å². The smallest absolute Gasteiger partial charge is 0.274 e. The minimum Gasteiger partial charge on any atom is -0.274 e. The second-order valence-corrected chi connectivity index (χ2v) is 16.2. The molecule has 4 aromatic heterocycles. The fourth-order valence-electron chi connectivity index (χ4n) is 5.93. The maximum atomic E-state index is 14.0. The summed E-state index contributed by atoms with van der Waals surface area (Å²) in [5, 5.41) is 19.4. The third-order valence-electron chi connectivity index (χ3n) is 8.44. The van der Waals surface area contributed by atoms with Crippen LogP contribution in [0.25, 0.3) is 21.1 Å². The summed E-state index contributed by atoms with van der Waals surface area (Å²) in [6, 6.07) is 16.0. The number of nitriles is 2. The Bertz CT molecular complexity index is 2320. The van der Waals surface area contributed by atoms with Gasteiger partial charge >= 0.3 is 12.4 Å². The lowest BCUT2D eigenvalue weighted by Crippen LogP contribution is -2.32. The molecular weight excluding hydrogens is 823 g/mol. The van der Waals surface area contributed by atoms with Crippen LogP contribution in [0, 0.1) is 22.7 Å². The lowest BCUT2D eigenvalue weighted by Gasteiger charge is -2.19. The summed E-state index contributed by atoms with van der Waals surface area (Å²) in [6.45, 7) is 0. The van der Waals surface area contributed by atoms with Crippen LogP contribution in [-0.2, 0) is 31.5 Å². The van der Waals surface area contributed by atoms with Gasteiger partial charge in [-0.05, 0) is 59.3 Å². The van der Waals surface area contributed by atoms with Gasteiger partial charge in [0, 0.05) is 12.8 Å². The largest absolute Gasteiger partial charge is 0.417 e. The van der Waals surface area contributed by atoms with Crippen LogP contribution < -0.4 is 9.80 Å². The lowest BCUT2D eigenvalue weighted by molar-refractivity contribution is -0.138. The van der Waals surface area contributed by atoms with Crippen molar-refractivity contribution >= 4 is 81.2 Å². The molecule has 0 spiro atoms. The van der Waals surface area contributed by atoms with Crippen molar-refractivity contribution in [2.75, 3.05) is 9.80 Å². The standard InChI is InChI=1S/C36H18F6N6O4S4/c37-35(38,39)21-11-23(25-3-1-9-53-25)45-31(19(21)15-43)55-27-13-29(49)47(33(27)51)17-5-7-18(8-6-17)48-30(50)14-28(34(48)52)56-32-20(16-44)22(36(40,41)42)12-24(46-32)26-4-2-10-54-26/h1-12,27-28H,13-14H2. The molecule has 2 aliphatic rings. The summed E-state index contributed by atoms with van der Waals surface area (Å²) in [4.78, 5) is 64.2. The predicted molar refractivity (Wildman–Crippen MR) is 194 cm³/mol. The number of carbonyl (C=O) groups excluding carboxylic acids is 4. The Kier molecular flexibility index (Phi) is 10.3. The molecule has 2 unspecified atom stereocenters. The summed E-state index contributed by atoms with van der Waals surface area (Å²) in [6.07, 6.45) is -10.7. The molecular formula is C36H18F6N6O4S4. The number of halogens is 6. The van der Waals surface area contributed by atoms with Crippen molar-refractivity contribution in [1.29, 1.82) is 10.5 Å². The Hall–Kier alpha value is -5.54. The molecule has 0 saturated carbocycles. The van der Waals surface area contributed by atoms with Gasteiger partial charge in [-0.3, -0.25) is 19.2 Å². The minimum atomic E-state index is -4.92. The molecule has 0 N–H and O–H groups in total. The van der Waals surface area contributed by atoms with E-state index in [1.807, 2.05) is 0 Å². The van der Waals surface area contributed by atoms with Gasteiger partial charge in [-0.2, -0.15) is 36.9 Å². The number of thiophene rings is 2. The fourth-order valence-corrected chi connectivity index (χ4v) is 9.56. The first kappa shape index (κ1) is 38.7. The molecule has 0 radical (unpaired) electrons. The van der Waals surface area contributed by atoms with Gasteiger partial charge in [0.25, 0.3) is 0 Å². The number of hydrogen-bond donors (Lipinski definition) is 0. The topological polar surface area (TPSA) is 148 Å². The molecule has 0 aliphatic carbocycles. The minimum absolute atomic E-state index is 0.0154. The Morgan fingerprint density at radius 1 is 0.643 bits per heavy atom. The second-order valence-electron chi connectivity index (χ2n) is 11.9. The van der Waals surface area contributed by atoms with Crippen LogP contribution in [-0.4, -0.2) is 44.1 Å². The third-order valence-corrected chi connectivity index (χ3v) is 12.6. The monoisotopic (exact) mass is 840 g/mol. The van der Waals surface area contributed by atoms with Crippen molar-refractivity contribution in [3.63, 3.8) is 0 Å². The SMILES string of the molecule is N#Cc1c(C(F)(F)F)cc(-c2cccs2)nc1SC1CC(=O)N(c2ccc(N3C(=O)CC(Sc4nc(-c5cccs5)cc(C(F)(F)F)c4C#N)C3=O)cc2)C1=O. The van der Waals surface area contributed by atoms with Gasteiger partial charge < -0.3 is 0 Å². The van der Waals surface area contributed by atoms with Crippen LogP contribution in [0.5, 0.6) is 0 Å². The number of nitrogens with zero attached hydrogens (tertiary/aromatic N) is 6. The summed E-state index contributed by atoms with van der Waals surface area (Å²) in [5.41, 5.74) is -4.17. The number of anilines is 2. The van der Waals surface area contributed by atoms with Crippen LogP contribution in [0.1, 0.15) is 35.1 Å². The lowest BCUT2D eigenvalue weighted by atomic mass is 10.1. The van der Waals surface area contributed by atoms with E-state index in [9.17, 15) is 56.0 Å². The molecule has 2 fully saturated rings. The van der Waals surface area contributed by atoms with E-state index >= 15 is 0 Å². The number of rotatable bonds is 8. The Morgan fingerprint density at radius 2 is 1.02 bits per heavy atom. The van der Waals surface area contributed by atoms with Gasteiger partial charge in [-0.25, -0.2) is 19.8 Å². The van der Waals surface area contributed by atoms with Crippen LogP contribution in [0.2, 0.25) is 0 Å². The molecule has 0 bridgehead atoms. The van der Waals surface area contributed by atoms with Crippen molar-refractivity contribution in [1.82, 2.24) is 9.97 Å². The Balaban J connectivity index is 1.11. The molecule has 1 aromatic carbocycles. The van der Waals surface area contributed by atoms with Crippen molar-refractivity contribution < 1.29 is 45.5 Å². The van der Waals surface area contributed by atoms with E-state index < -0.39 is 81.6 Å². The maximum Gasteiger partial charge on any atom is 0.417 e. The van der Waals surface area contributed by atoms with E-state index in [4.69, 9.17) is 0 Å². The van der Waals surface area contributed by atoms with Crippen LogP contribution >= 0.6 is 46.2 Å². The van der Waals surface area contributed by atoms with Crippen LogP contribution in [0.15, 0.2) is 81.5 Å². The van der Waals surface area contributed by atoms with E-state index in [0.717, 1.165) is 44.6 Å². The molecule has 56 heavy (non-hydrogen) atoms. The third kappa shape index (κ3) is 7.28. The van der Waals surface area contributed by atoms with E-state index in [1.54, 1.807) is 35.0 Å². The zero-order valence-corrected chi connectivity index (χ0v) is 31.0. The average molecular weight is 841 g/mol. The van der Waals surface area contributed by atoms with Crippen molar-refractivity contribution in [2.24, 2.45) is 0 Å². The summed E-state index contributed by atoms with van der Waals surface area (Å²) >= 11 is 3.36. The van der Waals surface area contributed by atoms with Crippen molar-refractivity contribution in [2.45, 2.75) is 45.7 Å². The number of aromatic nitrogens is 2. The molecule has 7 rings (SSSR count). The Labute approximate surface area is 328 Å². The van der Waals surface area contributed by atoms with Gasteiger partial charge in [0.2, 0.25) is 23.6 Å². The highest BCUT2D eigenvalue weighted by atomic mass is 32.2. The Morgan fingerprint density at radius 3 is 1.32 bits per heavy atom. The number of imide groups is 2. The number of benzene rings is 1. The zero-order valence-electron chi connectivity index (χ0n) is 27.7. The normalized spacial score (nSPS) is 17.5. The maximum absolute atomic E-state index is 14.0. The van der Waals surface area contributed by atoms with Gasteiger partial charge in [0.05, 0.1) is 65.3 Å².